The first-order valence-corrected chi connectivity index (χ1v) is 14.1. The van der Waals surface area contributed by atoms with Gasteiger partial charge in [0.2, 0.25) is 0 Å². The number of nitrogens with one attached hydrogen (secondary N) is 1. The molecule has 0 aliphatic rings. The summed E-state index contributed by atoms with van der Waals surface area (Å²) in [5, 5.41) is 13.6. The van der Waals surface area contributed by atoms with E-state index in [1.165, 1.54) is 45.4 Å². The SMILES string of the molecule is Nc1cnc(C#Cc2cc3c(Nc4ccc5c(ccn5S(=O)(=O)c5cccs5)c4)ncnc3s2)cn1.O=CO. The highest BCUT2D eigenvalue weighted by atomic mass is 32.2. The third-order valence-corrected chi connectivity index (χ3v) is 9.26. The van der Waals surface area contributed by atoms with Crippen molar-refractivity contribution in [2.75, 3.05) is 11.1 Å². The van der Waals surface area contributed by atoms with Crippen LogP contribution in [-0.4, -0.2) is 43.9 Å². The number of anilines is 3. The van der Waals surface area contributed by atoms with E-state index in [9.17, 15) is 8.42 Å². The van der Waals surface area contributed by atoms with Gasteiger partial charge in [-0.2, -0.15) is 8.42 Å². The normalized spacial score (nSPS) is 10.9. The van der Waals surface area contributed by atoms with Gasteiger partial charge < -0.3 is 16.2 Å². The van der Waals surface area contributed by atoms with Gasteiger partial charge in [-0.25, -0.2) is 23.9 Å². The van der Waals surface area contributed by atoms with E-state index in [1.807, 2.05) is 18.2 Å². The fourth-order valence-electron chi connectivity index (χ4n) is 3.59. The number of aromatic nitrogens is 5. The second kappa shape index (κ2) is 10.9. The molecule has 0 aliphatic carbocycles. The predicted molar refractivity (Wildman–Crippen MR) is 151 cm³/mol. The van der Waals surface area contributed by atoms with E-state index in [2.05, 4.69) is 37.1 Å². The number of carbonyl (C=O) groups is 1. The highest BCUT2D eigenvalue weighted by molar-refractivity contribution is 7.92. The van der Waals surface area contributed by atoms with E-state index in [-0.39, 0.29) is 6.47 Å². The van der Waals surface area contributed by atoms with E-state index < -0.39 is 10.0 Å². The van der Waals surface area contributed by atoms with Gasteiger partial charge in [0.25, 0.3) is 16.5 Å². The minimum Gasteiger partial charge on any atom is -0.483 e. The van der Waals surface area contributed by atoms with Crippen LogP contribution in [0.25, 0.3) is 21.1 Å². The monoisotopic (exact) mass is 575 g/mol. The van der Waals surface area contributed by atoms with E-state index >= 15 is 0 Å². The molecule has 5 heterocycles. The fourth-order valence-corrected chi connectivity index (χ4v) is 6.88. The van der Waals surface area contributed by atoms with Crippen molar-refractivity contribution in [3.05, 3.63) is 83.3 Å². The Bertz CT molecular complexity index is 1950. The van der Waals surface area contributed by atoms with Gasteiger partial charge in [0.05, 0.1) is 28.2 Å². The quantitative estimate of drug-likeness (QED) is 0.205. The Balaban J connectivity index is 0.000000983. The zero-order valence-electron chi connectivity index (χ0n) is 19.7. The molecule has 0 bridgehead atoms. The van der Waals surface area contributed by atoms with Crippen LogP contribution < -0.4 is 11.1 Å². The number of rotatable bonds is 4. The van der Waals surface area contributed by atoms with Gasteiger partial charge in [-0.15, -0.1) is 22.7 Å². The van der Waals surface area contributed by atoms with Gasteiger partial charge in [0.1, 0.15) is 32.7 Å². The lowest BCUT2D eigenvalue weighted by Crippen LogP contribution is -2.10. The largest absolute Gasteiger partial charge is 0.483 e. The molecule has 0 saturated heterocycles. The average molecular weight is 576 g/mol. The molecule has 6 aromatic rings. The molecule has 0 aliphatic heterocycles. The molecular formula is C25H17N7O4S3. The highest BCUT2D eigenvalue weighted by Gasteiger charge is 2.20. The van der Waals surface area contributed by atoms with Crippen molar-refractivity contribution in [3.63, 3.8) is 0 Å². The van der Waals surface area contributed by atoms with E-state index in [0.717, 1.165) is 26.2 Å². The summed E-state index contributed by atoms with van der Waals surface area (Å²) in [5.41, 5.74) is 7.45. The Morgan fingerprint density at radius 3 is 2.64 bits per heavy atom. The number of benzene rings is 1. The molecular weight excluding hydrogens is 559 g/mol. The van der Waals surface area contributed by atoms with Crippen molar-refractivity contribution in [3.8, 4) is 11.8 Å². The van der Waals surface area contributed by atoms with Crippen molar-refractivity contribution in [1.29, 1.82) is 0 Å². The molecule has 11 nitrogen and oxygen atoms in total. The Morgan fingerprint density at radius 2 is 1.90 bits per heavy atom. The molecule has 4 N–H and O–H groups in total. The second-order valence-electron chi connectivity index (χ2n) is 7.68. The maximum Gasteiger partial charge on any atom is 0.290 e. The van der Waals surface area contributed by atoms with Crippen molar-refractivity contribution in [2.45, 2.75) is 4.21 Å². The summed E-state index contributed by atoms with van der Waals surface area (Å²) >= 11 is 2.64. The zero-order valence-corrected chi connectivity index (χ0v) is 22.2. The zero-order chi connectivity index (χ0) is 27.4. The second-order valence-corrected chi connectivity index (χ2v) is 11.7. The lowest BCUT2D eigenvalue weighted by molar-refractivity contribution is -0.122. The van der Waals surface area contributed by atoms with Crippen molar-refractivity contribution in [2.24, 2.45) is 0 Å². The third-order valence-electron chi connectivity index (χ3n) is 5.24. The van der Waals surface area contributed by atoms with E-state index in [0.29, 0.717) is 27.1 Å². The van der Waals surface area contributed by atoms with Crippen LogP contribution in [0.4, 0.5) is 17.3 Å². The summed E-state index contributed by atoms with van der Waals surface area (Å²) in [6.45, 7) is -0.250. The first-order valence-electron chi connectivity index (χ1n) is 11.0. The molecule has 0 unspecified atom stereocenters. The maximum atomic E-state index is 13.0. The van der Waals surface area contributed by atoms with Gasteiger partial charge in [-0.1, -0.05) is 6.07 Å². The molecule has 0 radical (unpaired) electrons. The molecule has 0 atom stereocenters. The summed E-state index contributed by atoms with van der Waals surface area (Å²) in [7, 11) is -3.64. The van der Waals surface area contributed by atoms with Gasteiger partial charge in [0, 0.05) is 17.3 Å². The van der Waals surface area contributed by atoms with Crippen LogP contribution in [-0.2, 0) is 14.8 Å². The number of fused-ring (bicyclic) bond motifs is 2. The Morgan fingerprint density at radius 1 is 1.05 bits per heavy atom. The Labute approximate surface area is 229 Å². The van der Waals surface area contributed by atoms with Crippen molar-refractivity contribution >= 4 is 77.6 Å². The molecule has 1 aromatic carbocycles. The van der Waals surface area contributed by atoms with Crippen LogP contribution in [0.15, 0.2) is 77.0 Å². The molecule has 0 spiro atoms. The van der Waals surface area contributed by atoms with Crippen LogP contribution in [0.5, 0.6) is 0 Å². The Kier molecular flexibility index (Phi) is 7.19. The lowest BCUT2D eigenvalue weighted by Gasteiger charge is -2.08. The highest BCUT2D eigenvalue weighted by Crippen LogP contribution is 2.31. The van der Waals surface area contributed by atoms with Gasteiger partial charge >= 0.3 is 0 Å². The van der Waals surface area contributed by atoms with Crippen molar-refractivity contribution < 1.29 is 18.3 Å². The minimum absolute atomic E-state index is 0.250. The smallest absolute Gasteiger partial charge is 0.290 e. The first kappa shape index (κ1) is 25.8. The number of nitrogens with zero attached hydrogens (tertiary/aromatic N) is 5. The summed E-state index contributed by atoms with van der Waals surface area (Å²) in [5.74, 6) is 7.03. The number of nitrogens with two attached hydrogens (primary N) is 1. The molecule has 0 fully saturated rings. The van der Waals surface area contributed by atoms with E-state index in [1.54, 1.807) is 35.8 Å². The van der Waals surface area contributed by atoms with Crippen LogP contribution in [0.3, 0.4) is 0 Å². The van der Waals surface area contributed by atoms with Gasteiger partial charge in [-0.3, -0.25) is 4.79 Å². The number of hydrogen-bond donors (Lipinski definition) is 3. The molecule has 39 heavy (non-hydrogen) atoms. The number of thiophene rings is 2. The summed E-state index contributed by atoms with van der Waals surface area (Å²) in [6, 6.07) is 12.5. The Hall–Kier alpha value is -4.84. The maximum absolute atomic E-state index is 13.0. The predicted octanol–water partition coefficient (Wildman–Crippen LogP) is 4.16. The topological polar surface area (TPSA) is 166 Å². The van der Waals surface area contributed by atoms with Crippen molar-refractivity contribution in [1.82, 2.24) is 23.9 Å². The van der Waals surface area contributed by atoms with Gasteiger partial charge in [0.15, 0.2) is 0 Å². The van der Waals surface area contributed by atoms with Gasteiger partial charge in [-0.05, 0) is 53.6 Å². The fraction of sp³-hybridized carbons (Fsp3) is 0. The summed E-state index contributed by atoms with van der Waals surface area (Å²) < 4.78 is 27.5. The summed E-state index contributed by atoms with van der Waals surface area (Å²) in [6.07, 6.45) is 6.05. The molecule has 5 aromatic heterocycles. The number of hydrogen-bond acceptors (Lipinski definition) is 11. The average Bonchev–Trinajstić information content (AvgIpc) is 3.69. The van der Waals surface area contributed by atoms with E-state index in [4.69, 9.17) is 15.6 Å². The minimum atomic E-state index is -3.64. The molecule has 14 heteroatoms. The lowest BCUT2D eigenvalue weighted by atomic mass is 10.2. The third kappa shape index (κ3) is 5.41. The molecule has 6 rings (SSSR count). The number of nitrogen functional groups attached to an aromatic ring is 1. The van der Waals surface area contributed by atoms with Crippen LogP contribution in [0.2, 0.25) is 0 Å². The summed E-state index contributed by atoms with van der Waals surface area (Å²) in [4.78, 5) is 26.9. The van der Waals surface area contributed by atoms with Crippen LogP contribution >= 0.6 is 22.7 Å². The standard InChI is InChI=1S/C24H15N7O2S3.CH2O2/c25-21-13-26-17(12-27-21)3-5-18-11-19-23(28-14-29-24(19)35-18)30-16-4-6-20-15(10-16)7-8-31(20)36(32,33)22-2-1-9-34-22;2-1-3/h1-2,4,6-14H,(H2,25,27)(H,28,29,30);1H,(H,2,3). The number of carboxylic acid groups (broad SMARTS) is 1. The molecule has 0 amide bonds. The first-order chi connectivity index (χ1) is 18.9. The van der Waals surface area contributed by atoms with Crippen LogP contribution in [0.1, 0.15) is 10.6 Å². The van der Waals surface area contributed by atoms with Crippen LogP contribution in [0, 0.1) is 11.8 Å². The molecule has 0 saturated carbocycles. The molecule has 194 valence electrons.